The number of hydrogen-bond acceptors (Lipinski definition) is 4. The highest BCUT2D eigenvalue weighted by atomic mass is 16.6. The number of nitrogens with one attached hydrogen (secondary N) is 1. The Morgan fingerprint density at radius 1 is 1.32 bits per heavy atom. The van der Waals surface area contributed by atoms with Crippen LogP contribution in [0.1, 0.15) is 60.6 Å². The second-order valence-corrected chi connectivity index (χ2v) is 5.06. The Morgan fingerprint density at radius 3 is 2.32 bits per heavy atom. The molecule has 22 heavy (non-hydrogen) atoms. The number of aromatic nitrogens is 2. The van der Waals surface area contributed by atoms with Gasteiger partial charge in [0, 0.05) is 19.3 Å². The standard InChI is InChI=1S/C12H21N3O3.2C2H6/c1-12(2,3)18-11(17)15(7-4-8-16)9-10-5-6-13-14-10;2*1-2/h5-6,16H,4,7-9H2,1-3H3,(H,13,14);2*1-2H3. The molecule has 0 atom stereocenters. The molecule has 0 aromatic carbocycles. The second-order valence-electron chi connectivity index (χ2n) is 5.06. The van der Waals surface area contributed by atoms with Gasteiger partial charge < -0.3 is 14.7 Å². The quantitative estimate of drug-likeness (QED) is 0.870. The Hall–Kier alpha value is -1.56. The van der Waals surface area contributed by atoms with E-state index < -0.39 is 5.60 Å². The summed E-state index contributed by atoms with van der Waals surface area (Å²) >= 11 is 0. The van der Waals surface area contributed by atoms with Crippen molar-refractivity contribution >= 4 is 6.09 Å². The Balaban J connectivity index is 0. The van der Waals surface area contributed by atoms with Gasteiger partial charge in [0.05, 0.1) is 12.2 Å². The van der Waals surface area contributed by atoms with Crippen LogP contribution >= 0.6 is 0 Å². The lowest BCUT2D eigenvalue weighted by molar-refractivity contribution is 0.0221. The summed E-state index contributed by atoms with van der Waals surface area (Å²) < 4.78 is 5.32. The van der Waals surface area contributed by atoms with Gasteiger partial charge in [-0.2, -0.15) is 5.10 Å². The monoisotopic (exact) mass is 315 g/mol. The molecule has 0 saturated heterocycles. The third-order valence-electron chi connectivity index (χ3n) is 2.16. The summed E-state index contributed by atoms with van der Waals surface area (Å²) in [6.07, 6.45) is 1.77. The SMILES string of the molecule is CC.CC.CC(C)(C)OC(=O)N(CCCO)Cc1ccn[nH]1. The van der Waals surface area contributed by atoms with Crippen molar-refractivity contribution in [3.8, 4) is 0 Å². The van der Waals surface area contributed by atoms with Crippen LogP contribution in [0.15, 0.2) is 12.3 Å². The molecule has 0 radical (unpaired) electrons. The smallest absolute Gasteiger partial charge is 0.410 e. The third-order valence-corrected chi connectivity index (χ3v) is 2.16. The van der Waals surface area contributed by atoms with Crippen molar-refractivity contribution in [2.45, 2.75) is 67.0 Å². The van der Waals surface area contributed by atoms with Gasteiger partial charge in [-0.05, 0) is 33.3 Å². The zero-order valence-electron chi connectivity index (χ0n) is 15.1. The van der Waals surface area contributed by atoms with Crippen molar-refractivity contribution in [2.24, 2.45) is 0 Å². The predicted molar refractivity (Wildman–Crippen MR) is 89.6 cm³/mol. The molecule has 0 aliphatic heterocycles. The summed E-state index contributed by atoms with van der Waals surface area (Å²) in [6, 6.07) is 1.80. The van der Waals surface area contributed by atoms with Crippen molar-refractivity contribution in [3.05, 3.63) is 18.0 Å². The Kier molecular flexibility index (Phi) is 13.6. The van der Waals surface area contributed by atoms with Gasteiger partial charge in [-0.25, -0.2) is 4.79 Å². The van der Waals surface area contributed by atoms with Gasteiger partial charge in [0.15, 0.2) is 0 Å². The zero-order valence-corrected chi connectivity index (χ0v) is 15.1. The van der Waals surface area contributed by atoms with Crippen LogP contribution < -0.4 is 0 Å². The molecule has 6 heteroatoms. The van der Waals surface area contributed by atoms with Crippen LogP contribution in [-0.2, 0) is 11.3 Å². The van der Waals surface area contributed by atoms with Gasteiger partial charge in [0.1, 0.15) is 5.60 Å². The summed E-state index contributed by atoms with van der Waals surface area (Å²) in [5.41, 5.74) is 0.307. The number of aromatic amines is 1. The first kappa shape index (κ1) is 22.7. The van der Waals surface area contributed by atoms with Gasteiger partial charge in [0.25, 0.3) is 0 Å². The largest absolute Gasteiger partial charge is 0.444 e. The maximum Gasteiger partial charge on any atom is 0.410 e. The number of aliphatic hydroxyl groups excluding tert-OH is 1. The first-order valence-corrected chi connectivity index (χ1v) is 7.99. The number of nitrogens with zero attached hydrogens (tertiary/aromatic N) is 2. The number of aliphatic hydroxyl groups is 1. The van der Waals surface area contributed by atoms with Crippen LogP contribution in [-0.4, -0.2) is 45.0 Å². The lowest BCUT2D eigenvalue weighted by Crippen LogP contribution is -2.37. The fourth-order valence-electron chi connectivity index (χ4n) is 1.40. The molecule has 1 aromatic rings. The first-order valence-electron chi connectivity index (χ1n) is 7.99. The van der Waals surface area contributed by atoms with Crippen LogP contribution in [0, 0.1) is 0 Å². The maximum absolute atomic E-state index is 12.0. The highest BCUT2D eigenvalue weighted by Gasteiger charge is 2.22. The lowest BCUT2D eigenvalue weighted by Gasteiger charge is -2.26. The van der Waals surface area contributed by atoms with E-state index in [2.05, 4.69) is 10.2 Å². The molecule has 1 rings (SSSR count). The van der Waals surface area contributed by atoms with E-state index in [0.29, 0.717) is 19.5 Å². The van der Waals surface area contributed by atoms with E-state index in [1.54, 1.807) is 17.2 Å². The molecular weight excluding hydrogens is 282 g/mol. The maximum atomic E-state index is 12.0. The number of ether oxygens (including phenoxy) is 1. The highest BCUT2D eigenvalue weighted by Crippen LogP contribution is 2.12. The molecule has 0 aliphatic carbocycles. The highest BCUT2D eigenvalue weighted by molar-refractivity contribution is 5.68. The number of rotatable bonds is 5. The summed E-state index contributed by atoms with van der Waals surface area (Å²) in [4.78, 5) is 13.5. The third kappa shape index (κ3) is 11.1. The van der Waals surface area contributed by atoms with Crippen molar-refractivity contribution in [3.63, 3.8) is 0 Å². The number of carbonyl (C=O) groups excluding carboxylic acids is 1. The van der Waals surface area contributed by atoms with Gasteiger partial charge in [-0.3, -0.25) is 5.10 Å². The summed E-state index contributed by atoms with van der Waals surface area (Å²) in [5, 5.41) is 15.5. The number of amides is 1. The first-order chi connectivity index (χ1) is 10.4. The van der Waals surface area contributed by atoms with Gasteiger partial charge in [-0.15, -0.1) is 0 Å². The summed E-state index contributed by atoms with van der Waals surface area (Å²) in [5.74, 6) is 0. The number of hydrogen-bond donors (Lipinski definition) is 2. The minimum absolute atomic E-state index is 0.0439. The van der Waals surface area contributed by atoms with E-state index in [0.717, 1.165) is 5.69 Å². The summed E-state index contributed by atoms with van der Waals surface area (Å²) in [7, 11) is 0. The van der Waals surface area contributed by atoms with E-state index in [-0.39, 0.29) is 12.7 Å². The van der Waals surface area contributed by atoms with Crippen LogP contribution in [0.4, 0.5) is 4.79 Å². The predicted octanol–water partition coefficient (Wildman–Crippen LogP) is 3.58. The fourth-order valence-corrected chi connectivity index (χ4v) is 1.40. The Labute approximate surface area is 134 Å². The van der Waals surface area contributed by atoms with Crippen molar-refractivity contribution < 1.29 is 14.6 Å². The van der Waals surface area contributed by atoms with E-state index in [1.165, 1.54) is 0 Å². The average Bonchev–Trinajstić information content (AvgIpc) is 2.99. The van der Waals surface area contributed by atoms with E-state index >= 15 is 0 Å². The molecule has 6 nitrogen and oxygen atoms in total. The Bertz CT molecular complexity index is 359. The van der Waals surface area contributed by atoms with E-state index in [4.69, 9.17) is 9.84 Å². The minimum Gasteiger partial charge on any atom is -0.444 e. The topological polar surface area (TPSA) is 78.4 Å². The van der Waals surface area contributed by atoms with Crippen molar-refractivity contribution in [2.75, 3.05) is 13.2 Å². The molecule has 1 heterocycles. The average molecular weight is 315 g/mol. The molecule has 2 N–H and O–H groups in total. The van der Waals surface area contributed by atoms with Gasteiger partial charge in [-0.1, -0.05) is 27.7 Å². The molecule has 0 aliphatic rings. The van der Waals surface area contributed by atoms with E-state index in [1.807, 2.05) is 48.5 Å². The molecule has 1 aromatic heterocycles. The lowest BCUT2D eigenvalue weighted by atomic mass is 10.2. The zero-order chi connectivity index (χ0) is 17.6. The van der Waals surface area contributed by atoms with Crippen molar-refractivity contribution in [1.29, 1.82) is 0 Å². The molecule has 0 bridgehead atoms. The molecule has 0 unspecified atom stereocenters. The van der Waals surface area contributed by atoms with Crippen LogP contribution in [0.2, 0.25) is 0 Å². The molecule has 0 saturated carbocycles. The number of H-pyrrole nitrogens is 1. The van der Waals surface area contributed by atoms with Crippen LogP contribution in [0.25, 0.3) is 0 Å². The van der Waals surface area contributed by atoms with Crippen molar-refractivity contribution in [1.82, 2.24) is 15.1 Å². The Morgan fingerprint density at radius 2 is 1.91 bits per heavy atom. The molecule has 130 valence electrons. The van der Waals surface area contributed by atoms with Crippen LogP contribution in [0.3, 0.4) is 0 Å². The van der Waals surface area contributed by atoms with Gasteiger partial charge >= 0.3 is 6.09 Å². The second kappa shape index (κ2) is 13.1. The fraction of sp³-hybridized carbons (Fsp3) is 0.750. The van der Waals surface area contributed by atoms with Crippen LogP contribution in [0.5, 0.6) is 0 Å². The van der Waals surface area contributed by atoms with Gasteiger partial charge in [0.2, 0.25) is 0 Å². The number of carbonyl (C=O) groups is 1. The molecule has 1 amide bonds. The molecule has 0 fully saturated rings. The van der Waals surface area contributed by atoms with E-state index in [9.17, 15) is 4.79 Å². The molecular formula is C16H33N3O3. The minimum atomic E-state index is -0.525. The normalized spacial score (nSPS) is 9.82. The molecule has 0 spiro atoms. The summed E-state index contributed by atoms with van der Waals surface area (Å²) in [6.45, 7) is 14.4.